The molecule has 3 rings (SSSR count). The maximum atomic E-state index is 12.9. The Hall–Kier alpha value is -2.29. The summed E-state index contributed by atoms with van der Waals surface area (Å²) >= 11 is 2.89. The lowest BCUT2D eigenvalue weighted by atomic mass is 10.2. The quantitative estimate of drug-likeness (QED) is 0.730. The standard InChI is InChI=1S/C15H12BrF3N4O/c16-12-5-4-10(9-11(12)15(17,18)19)20-6-8-23-14(24)22-7-2-1-3-13(22)21-23/h1-5,7,9,20H,6,8H2. The van der Waals surface area contributed by atoms with Gasteiger partial charge in [-0.1, -0.05) is 22.0 Å². The van der Waals surface area contributed by atoms with E-state index in [2.05, 4.69) is 26.3 Å². The molecule has 0 fully saturated rings. The van der Waals surface area contributed by atoms with Gasteiger partial charge in [-0.3, -0.25) is 4.40 Å². The third kappa shape index (κ3) is 3.30. The second kappa shape index (κ2) is 6.31. The van der Waals surface area contributed by atoms with Crippen LogP contribution in [0.2, 0.25) is 0 Å². The molecule has 0 spiro atoms. The normalized spacial score (nSPS) is 11.8. The SMILES string of the molecule is O=c1n(CCNc2ccc(Br)c(C(F)(F)F)c2)nc2ccccn12. The first-order valence-electron chi connectivity index (χ1n) is 7.01. The number of nitrogens with one attached hydrogen (secondary N) is 1. The van der Waals surface area contributed by atoms with Crippen LogP contribution in [0.5, 0.6) is 0 Å². The first kappa shape index (κ1) is 16.6. The highest BCUT2D eigenvalue weighted by atomic mass is 79.9. The highest BCUT2D eigenvalue weighted by molar-refractivity contribution is 9.10. The van der Waals surface area contributed by atoms with Crippen molar-refractivity contribution in [3.63, 3.8) is 0 Å². The molecule has 0 aliphatic rings. The third-order valence-electron chi connectivity index (χ3n) is 3.41. The van der Waals surface area contributed by atoms with Gasteiger partial charge in [-0.05, 0) is 30.3 Å². The van der Waals surface area contributed by atoms with E-state index in [1.54, 1.807) is 24.4 Å². The van der Waals surface area contributed by atoms with E-state index in [0.717, 1.165) is 6.07 Å². The Kier molecular flexibility index (Phi) is 4.35. The molecule has 0 unspecified atom stereocenters. The minimum atomic E-state index is -4.44. The van der Waals surface area contributed by atoms with E-state index >= 15 is 0 Å². The zero-order valence-corrected chi connectivity index (χ0v) is 13.8. The van der Waals surface area contributed by atoms with Crippen molar-refractivity contribution >= 4 is 27.3 Å². The Labute approximate surface area is 142 Å². The van der Waals surface area contributed by atoms with Gasteiger partial charge in [-0.25, -0.2) is 9.48 Å². The first-order chi connectivity index (χ1) is 11.4. The largest absolute Gasteiger partial charge is 0.417 e. The Morgan fingerprint density at radius 2 is 2.00 bits per heavy atom. The molecule has 1 N–H and O–H groups in total. The highest BCUT2D eigenvalue weighted by Crippen LogP contribution is 2.36. The lowest BCUT2D eigenvalue weighted by Crippen LogP contribution is -2.24. The maximum Gasteiger partial charge on any atom is 0.417 e. The van der Waals surface area contributed by atoms with Gasteiger partial charge in [0.1, 0.15) is 0 Å². The molecule has 0 saturated heterocycles. The van der Waals surface area contributed by atoms with Crippen molar-refractivity contribution in [2.45, 2.75) is 12.7 Å². The van der Waals surface area contributed by atoms with Crippen molar-refractivity contribution in [1.29, 1.82) is 0 Å². The molecular weight excluding hydrogens is 389 g/mol. The summed E-state index contributed by atoms with van der Waals surface area (Å²) in [5, 5.41) is 7.03. The molecule has 126 valence electrons. The van der Waals surface area contributed by atoms with E-state index in [-0.39, 0.29) is 23.3 Å². The second-order valence-electron chi connectivity index (χ2n) is 5.05. The van der Waals surface area contributed by atoms with E-state index in [9.17, 15) is 18.0 Å². The van der Waals surface area contributed by atoms with Crippen molar-refractivity contribution in [2.24, 2.45) is 0 Å². The molecule has 0 amide bonds. The summed E-state index contributed by atoms with van der Waals surface area (Å²) in [4.78, 5) is 12.1. The summed E-state index contributed by atoms with van der Waals surface area (Å²) in [6.07, 6.45) is -2.83. The molecule has 0 aliphatic heterocycles. The number of fused-ring (bicyclic) bond motifs is 1. The fourth-order valence-electron chi connectivity index (χ4n) is 2.27. The molecule has 0 bridgehead atoms. The van der Waals surface area contributed by atoms with Gasteiger partial charge in [0.15, 0.2) is 5.65 Å². The first-order valence-corrected chi connectivity index (χ1v) is 7.80. The summed E-state index contributed by atoms with van der Waals surface area (Å²) in [5.74, 6) is 0. The number of aromatic nitrogens is 3. The number of hydrogen-bond donors (Lipinski definition) is 1. The smallest absolute Gasteiger partial charge is 0.383 e. The van der Waals surface area contributed by atoms with Crippen LogP contribution in [0, 0.1) is 0 Å². The average Bonchev–Trinajstić information content (AvgIpc) is 2.85. The monoisotopic (exact) mass is 400 g/mol. The fraction of sp³-hybridized carbons (Fsp3) is 0.200. The minimum Gasteiger partial charge on any atom is -0.383 e. The molecule has 0 saturated carbocycles. The van der Waals surface area contributed by atoms with Crippen LogP contribution in [-0.2, 0) is 12.7 Å². The van der Waals surface area contributed by atoms with Crippen molar-refractivity contribution in [2.75, 3.05) is 11.9 Å². The lowest BCUT2D eigenvalue weighted by Gasteiger charge is -2.12. The van der Waals surface area contributed by atoms with Gasteiger partial charge < -0.3 is 5.32 Å². The number of nitrogens with zero attached hydrogens (tertiary/aromatic N) is 3. The van der Waals surface area contributed by atoms with Crippen LogP contribution in [-0.4, -0.2) is 20.7 Å². The van der Waals surface area contributed by atoms with Gasteiger partial charge in [0.2, 0.25) is 0 Å². The predicted octanol–water partition coefficient (Wildman–Crippen LogP) is 3.39. The summed E-state index contributed by atoms with van der Waals surface area (Å²) in [7, 11) is 0. The molecule has 2 heterocycles. The number of benzene rings is 1. The van der Waals surface area contributed by atoms with E-state index in [1.807, 2.05) is 0 Å². The van der Waals surface area contributed by atoms with Crippen LogP contribution in [0.1, 0.15) is 5.56 Å². The van der Waals surface area contributed by atoms with Gasteiger partial charge >= 0.3 is 11.9 Å². The molecule has 5 nitrogen and oxygen atoms in total. The molecule has 1 aromatic carbocycles. The highest BCUT2D eigenvalue weighted by Gasteiger charge is 2.33. The van der Waals surface area contributed by atoms with Crippen LogP contribution >= 0.6 is 15.9 Å². The second-order valence-corrected chi connectivity index (χ2v) is 5.91. The van der Waals surface area contributed by atoms with Crippen molar-refractivity contribution in [1.82, 2.24) is 14.2 Å². The Balaban J connectivity index is 1.72. The number of pyridine rings is 1. The average molecular weight is 401 g/mol. The van der Waals surface area contributed by atoms with Crippen LogP contribution in [0.15, 0.2) is 51.9 Å². The molecule has 0 aliphatic carbocycles. The Morgan fingerprint density at radius 1 is 1.21 bits per heavy atom. The molecular formula is C15H12BrF3N4O. The number of alkyl halides is 3. The predicted molar refractivity (Wildman–Crippen MR) is 87.1 cm³/mol. The zero-order valence-electron chi connectivity index (χ0n) is 12.2. The number of rotatable bonds is 4. The summed E-state index contributed by atoms with van der Waals surface area (Å²) in [6.45, 7) is 0.501. The molecule has 9 heteroatoms. The van der Waals surface area contributed by atoms with E-state index in [4.69, 9.17) is 0 Å². The van der Waals surface area contributed by atoms with Gasteiger partial charge in [-0.2, -0.15) is 13.2 Å². The Morgan fingerprint density at radius 3 is 2.71 bits per heavy atom. The molecule has 2 aromatic heterocycles. The minimum absolute atomic E-state index is 0.0166. The molecule has 3 aromatic rings. The van der Waals surface area contributed by atoms with Gasteiger partial charge in [-0.15, -0.1) is 5.10 Å². The van der Waals surface area contributed by atoms with Crippen LogP contribution in [0.25, 0.3) is 5.65 Å². The van der Waals surface area contributed by atoms with E-state index in [0.29, 0.717) is 11.3 Å². The van der Waals surface area contributed by atoms with Crippen molar-refractivity contribution in [3.05, 3.63) is 63.1 Å². The topological polar surface area (TPSA) is 51.3 Å². The van der Waals surface area contributed by atoms with Crippen molar-refractivity contribution < 1.29 is 13.2 Å². The number of anilines is 1. The summed E-state index contributed by atoms with van der Waals surface area (Å²) in [6, 6.07) is 9.09. The van der Waals surface area contributed by atoms with Crippen molar-refractivity contribution in [3.8, 4) is 0 Å². The zero-order chi connectivity index (χ0) is 17.3. The fourth-order valence-corrected chi connectivity index (χ4v) is 2.74. The van der Waals surface area contributed by atoms with Gasteiger partial charge in [0, 0.05) is 22.9 Å². The molecule has 0 atom stereocenters. The van der Waals surface area contributed by atoms with E-state index in [1.165, 1.54) is 21.2 Å². The van der Waals surface area contributed by atoms with E-state index < -0.39 is 11.7 Å². The molecule has 0 radical (unpaired) electrons. The molecule has 24 heavy (non-hydrogen) atoms. The van der Waals surface area contributed by atoms with Crippen LogP contribution < -0.4 is 11.0 Å². The van der Waals surface area contributed by atoms with Gasteiger partial charge in [0.05, 0.1) is 12.1 Å². The van der Waals surface area contributed by atoms with Crippen LogP contribution in [0.3, 0.4) is 0 Å². The number of hydrogen-bond acceptors (Lipinski definition) is 3. The maximum absolute atomic E-state index is 12.9. The lowest BCUT2D eigenvalue weighted by molar-refractivity contribution is -0.138. The van der Waals surface area contributed by atoms with Crippen LogP contribution in [0.4, 0.5) is 18.9 Å². The van der Waals surface area contributed by atoms with Gasteiger partial charge in [0.25, 0.3) is 0 Å². The summed E-state index contributed by atoms with van der Waals surface area (Å²) in [5.41, 5.74) is -0.204. The number of halogens is 4. The third-order valence-corrected chi connectivity index (χ3v) is 4.10. The Bertz CT molecular complexity index is 932. The summed E-state index contributed by atoms with van der Waals surface area (Å²) < 4.78 is 41.3.